The van der Waals surface area contributed by atoms with Gasteiger partial charge in [0.1, 0.15) is 18.5 Å². The van der Waals surface area contributed by atoms with Gasteiger partial charge in [-0.25, -0.2) is 0 Å². The minimum absolute atomic E-state index is 0.309. The molecule has 1 atom stereocenters. The van der Waals surface area contributed by atoms with Crippen LogP contribution in [0.5, 0.6) is 5.75 Å². The zero-order valence-electron chi connectivity index (χ0n) is 18.2. The maximum Gasteiger partial charge on any atom is 0.120 e. The van der Waals surface area contributed by atoms with Gasteiger partial charge in [-0.3, -0.25) is 0 Å². The molecule has 5 nitrogen and oxygen atoms in total. The second kappa shape index (κ2) is 9.92. The Morgan fingerprint density at radius 2 is 1.93 bits per heavy atom. The first-order valence-corrected chi connectivity index (χ1v) is 11.1. The van der Waals surface area contributed by atoms with Crippen LogP contribution < -0.4 is 4.74 Å². The number of likely N-dealkylation sites (tertiary alicyclic amines) is 1. The molecule has 0 bridgehead atoms. The molecule has 2 aliphatic heterocycles. The molecule has 1 N–H and O–H groups in total. The van der Waals surface area contributed by atoms with Crippen molar-refractivity contribution >= 4 is 16.3 Å². The number of hydrogen-bond acceptors (Lipinski definition) is 5. The monoisotopic (exact) mass is 410 g/mol. The molecule has 5 heteroatoms. The van der Waals surface area contributed by atoms with Gasteiger partial charge in [0.15, 0.2) is 0 Å². The fourth-order valence-corrected chi connectivity index (χ4v) is 4.52. The van der Waals surface area contributed by atoms with Crippen LogP contribution in [0.3, 0.4) is 0 Å². The fourth-order valence-electron chi connectivity index (χ4n) is 4.52. The van der Waals surface area contributed by atoms with E-state index in [9.17, 15) is 5.11 Å². The van der Waals surface area contributed by atoms with Crippen molar-refractivity contribution in [1.82, 2.24) is 9.80 Å². The highest BCUT2D eigenvalue weighted by atomic mass is 16.5. The molecule has 30 heavy (non-hydrogen) atoms. The molecule has 4 rings (SSSR count). The lowest BCUT2D eigenvalue weighted by atomic mass is 9.94. The molecular weight excluding hydrogens is 376 g/mol. The molecule has 0 amide bonds. The SMILES string of the molecule is COC1CCN(CC(O)COc2cc(C3=CCN(C)CC3)c3ccccc3c2)CC1. The molecule has 2 aromatic rings. The molecule has 2 heterocycles. The van der Waals surface area contributed by atoms with E-state index >= 15 is 0 Å². The lowest BCUT2D eigenvalue weighted by Crippen LogP contribution is -2.42. The van der Waals surface area contributed by atoms with Gasteiger partial charge >= 0.3 is 0 Å². The molecule has 1 saturated heterocycles. The number of piperidine rings is 1. The van der Waals surface area contributed by atoms with E-state index in [1.165, 1.54) is 21.9 Å². The molecule has 1 unspecified atom stereocenters. The summed E-state index contributed by atoms with van der Waals surface area (Å²) in [7, 11) is 3.94. The van der Waals surface area contributed by atoms with Gasteiger partial charge in [-0.2, -0.15) is 0 Å². The van der Waals surface area contributed by atoms with E-state index < -0.39 is 6.10 Å². The zero-order valence-corrected chi connectivity index (χ0v) is 18.2. The van der Waals surface area contributed by atoms with Crippen molar-refractivity contribution in [2.45, 2.75) is 31.5 Å². The molecule has 0 radical (unpaired) electrons. The molecule has 0 spiro atoms. The third-order valence-corrected chi connectivity index (χ3v) is 6.37. The van der Waals surface area contributed by atoms with Gasteiger partial charge in [-0.05, 0) is 60.4 Å². The van der Waals surface area contributed by atoms with Crippen LogP contribution in [-0.4, -0.2) is 80.6 Å². The molecule has 0 aromatic heterocycles. The van der Waals surface area contributed by atoms with Gasteiger partial charge in [0, 0.05) is 39.8 Å². The van der Waals surface area contributed by atoms with Crippen LogP contribution in [0.1, 0.15) is 24.8 Å². The van der Waals surface area contributed by atoms with Crippen LogP contribution >= 0.6 is 0 Å². The number of benzene rings is 2. The largest absolute Gasteiger partial charge is 0.491 e. The van der Waals surface area contributed by atoms with Crippen LogP contribution in [0.15, 0.2) is 42.5 Å². The quantitative estimate of drug-likeness (QED) is 0.758. The van der Waals surface area contributed by atoms with Crippen LogP contribution in [0.25, 0.3) is 16.3 Å². The predicted molar refractivity (Wildman–Crippen MR) is 122 cm³/mol. The standard InChI is InChI=1S/C25H34N2O3/c1-26-11-7-19(8-12-26)25-16-23(15-20-5-3-4-6-24(20)25)30-18-21(28)17-27-13-9-22(29-2)10-14-27/h3-7,15-16,21-22,28H,8-14,17-18H2,1-2H3. The minimum Gasteiger partial charge on any atom is -0.491 e. The first-order chi connectivity index (χ1) is 14.6. The summed E-state index contributed by atoms with van der Waals surface area (Å²) in [6.45, 7) is 4.95. The molecule has 0 saturated carbocycles. The van der Waals surface area contributed by atoms with Crippen molar-refractivity contribution in [2.75, 3.05) is 53.5 Å². The van der Waals surface area contributed by atoms with Gasteiger partial charge in [0.05, 0.1) is 6.10 Å². The minimum atomic E-state index is -0.499. The van der Waals surface area contributed by atoms with Gasteiger partial charge in [-0.15, -0.1) is 0 Å². The Balaban J connectivity index is 1.43. The van der Waals surface area contributed by atoms with Gasteiger partial charge in [0.2, 0.25) is 0 Å². The second-order valence-corrected chi connectivity index (χ2v) is 8.63. The van der Waals surface area contributed by atoms with Crippen molar-refractivity contribution in [3.8, 4) is 5.75 Å². The topological polar surface area (TPSA) is 45.2 Å². The summed E-state index contributed by atoms with van der Waals surface area (Å²) in [6, 6.07) is 12.7. The third kappa shape index (κ3) is 5.22. The molecule has 2 aromatic carbocycles. The second-order valence-electron chi connectivity index (χ2n) is 8.63. The van der Waals surface area contributed by atoms with Crippen LogP contribution in [0.2, 0.25) is 0 Å². The summed E-state index contributed by atoms with van der Waals surface area (Å²) in [5, 5.41) is 13.0. The number of aliphatic hydroxyl groups is 1. The van der Waals surface area contributed by atoms with Gasteiger partial charge in [-0.1, -0.05) is 30.3 Å². The lowest BCUT2D eigenvalue weighted by molar-refractivity contribution is 0.0153. The van der Waals surface area contributed by atoms with E-state index in [1.54, 1.807) is 7.11 Å². The van der Waals surface area contributed by atoms with E-state index in [0.717, 1.165) is 51.2 Å². The fraction of sp³-hybridized carbons (Fsp3) is 0.520. The van der Waals surface area contributed by atoms with Gasteiger partial charge in [0.25, 0.3) is 0 Å². The van der Waals surface area contributed by atoms with Crippen molar-refractivity contribution in [3.05, 3.63) is 48.0 Å². The summed E-state index contributed by atoms with van der Waals surface area (Å²) < 4.78 is 11.5. The number of hydrogen-bond donors (Lipinski definition) is 1. The normalized spacial score (nSPS) is 20.3. The molecular formula is C25H34N2O3. The Labute approximate surface area is 179 Å². The molecule has 162 valence electrons. The van der Waals surface area contributed by atoms with Crippen molar-refractivity contribution in [3.63, 3.8) is 0 Å². The summed E-state index contributed by atoms with van der Waals surface area (Å²) >= 11 is 0. The predicted octanol–water partition coefficient (Wildman–Crippen LogP) is 3.41. The number of rotatable bonds is 7. The number of nitrogens with zero attached hydrogens (tertiary/aromatic N) is 2. The van der Waals surface area contributed by atoms with E-state index in [0.29, 0.717) is 19.3 Å². The smallest absolute Gasteiger partial charge is 0.120 e. The number of aliphatic hydroxyl groups excluding tert-OH is 1. The van der Waals surface area contributed by atoms with Crippen LogP contribution in [0.4, 0.5) is 0 Å². The van der Waals surface area contributed by atoms with E-state index in [2.05, 4.69) is 59.3 Å². The first-order valence-electron chi connectivity index (χ1n) is 11.1. The summed E-state index contributed by atoms with van der Waals surface area (Å²) in [5.41, 5.74) is 2.64. The average molecular weight is 411 g/mol. The number of likely N-dealkylation sites (N-methyl/N-ethyl adjacent to an activating group) is 1. The Kier molecular flexibility index (Phi) is 7.05. The Hall–Kier alpha value is -1.92. The highest BCUT2D eigenvalue weighted by Gasteiger charge is 2.21. The summed E-state index contributed by atoms with van der Waals surface area (Å²) in [4.78, 5) is 4.64. The van der Waals surface area contributed by atoms with Crippen LogP contribution in [-0.2, 0) is 4.74 Å². The van der Waals surface area contributed by atoms with E-state index in [-0.39, 0.29) is 0 Å². The van der Waals surface area contributed by atoms with Crippen molar-refractivity contribution in [2.24, 2.45) is 0 Å². The number of β-amino-alcohol motifs (C(OH)–C–C–N with tert-alkyl or cyclic N) is 1. The van der Waals surface area contributed by atoms with Gasteiger partial charge < -0.3 is 24.4 Å². The Bertz CT molecular complexity index is 874. The molecule has 2 aliphatic rings. The van der Waals surface area contributed by atoms with E-state index in [4.69, 9.17) is 9.47 Å². The van der Waals surface area contributed by atoms with E-state index in [1.807, 2.05) is 0 Å². The summed E-state index contributed by atoms with van der Waals surface area (Å²) in [6.07, 6.45) is 5.30. The first kappa shape index (κ1) is 21.3. The highest BCUT2D eigenvalue weighted by Crippen LogP contribution is 2.33. The number of fused-ring (bicyclic) bond motifs is 1. The maximum absolute atomic E-state index is 10.5. The number of ether oxygens (including phenoxy) is 2. The van der Waals surface area contributed by atoms with Crippen molar-refractivity contribution < 1.29 is 14.6 Å². The highest BCUT2D eigenvalue weighted by molar-refractivity contribution is 5.95. The zero-order chi connectivity index (χ0) is 20.9. The maximum atomic E-state index is 10.5. The summed E-state index contributed by atoms with van der Waals surface area (Å²) in [5.74, 6) is 0.834. The molecule has 1 fully saturated rings. The average Bonchev–Trinajstić information content (AvgIpc) is 2.78. The molecule has 0 aliphatic carbocycles. The lowest BCUT2D eigenvalue weighted by Gasteiger charge is -2.32. The number of methoxy groups -OCH3 is 1. The Morgan fingerprint density at radius 3 is 2.67 bits per heavy atom. The Morgan fingerprint density at radius 1 is 1.13 bits per heavy atom. The third-order valence-electron chi connectivity index (χ3n) is 6.37. The van der Waals surface area contributed by atoms with Crippen molar-refractivity contribution in [1.29, 1.82) is 0 Å². The van der Waals surface area contributed by atoms with Crippen LogP contribution in [0, 0.1) is 0 Å².